The Hall–Kier alpha value is -2.40. The van der Waals surface area contributed by atoms with E-state index in [2.05, 4.69) is 30.3 Å². The lowest BCUT2D eigenvalue weighted by atomic mass is 9.88. The highest BCUT2D eigenvalue weighted by atomic mass is 16.1. The fraction of sp³-hybridized carbons (Fsp3) is 0.263. The minimum Gasteiger partial charge on any atom is -0.299 e. The van der Waals surface area contributed by atoms with E-state index in [0.717, 1.165) is 6.42 Å². The van der Waals surface area contributed by atoms with Gasteiger partial charge in [-0.3, -0.25) is 4.79 Å². The lowest BCUT2D eigenvalue weighted by Gasteiger charge is -2.15. The molecule has 2 aromatic carbocycles. The highest BCUT2D eigenvalue weighted by molar-refractivity contribution is 5.92. The van der Waals surface area contributed by atoms with Crippen LogP contribution in [0.3, 0.4) is 0 Å². The molecule has 102 valence electrons. The van der Waals surface area contributed by atoms with Gasteiger partial charge in [-0.25, -0.2) is 0 Å². The number of carbonyl (C=O) groups is 1. The maximum absolute atomic E-state index is 12.2. The number of fused-ring (bicyclic) bond motifs is 1. The first-order valence-corrected chi connectivity index (χ1v) is 7.35. The molecule has 2 fully saturated rings. The van der Waals surface area contributed by atoms with Crippen LogP contribution in [0.25, 0.3) is 0 Å². The van der Waals surface area contributed by atoms with Gasteiger partial charge in [0.05, 0.1) is 11.6 Å². The number of hydrogen-bond acceptors (Lipinski definition) is 2. The standard InChI is InChI=1S/C19H15NO/c20-12-13-6-8-14(9-7-13)17-18-16(21)10-11-19(17,18)15-4-2-1-3-5-15/h1-9,17-18H,10-11H2/t17-,18+,19+/m1/s1. The zero-order chi connectivity index (χ0) is 14.4. The van der Waals surface area contributed by atoms with E-state index in [0.29, 0.717) is 17.8 Å². The fourth-order valence-corrected chi connectivity index (χ4v) is 4.22. The van der Waals surface area contributed by atoms with E-state index < -0.39 is 0 Å². The quantitative estimate of drug-likeness (QED) is 0.839. The number of nitrogens with zero attached hydrogens (tertiary/aromatic N) is 1. The molecule has 0 amide bonds. The van der Waals surface area contributed by atoms with Crippen molar-refractivity contribution in [2.24, 2.45) is 5.92 Å². The predicted molar refractivity (Wildman–Crippen MR) is 79.7 cm³/mol. The van der Waals surface area contributed by atoms with E-state index in [4.69, 9.17) is 5.26 Å². The molecule has 0 aromatic heterocycles. The third-order valence-electron chi connectivity index (χ3n) is 5.18. The molecule has 0 N–H and O–H groups in total. The van der Waals surface area contributed by atoms with Crippen molar-refractivity contribution in [1.82, 2.24) is 0 Å². The third kappa shape index (κ3) is 1.61. The van der Waals surface area contributed by atoms with Gasteiger partial charge in [-0.15, -0.1) is 0 Å². The van der Waals surface area contributed by atoms with Crippen molar-refractivity contribution >= 4 is 5.78 Å². The lowest BCUT2D eigenvalue weighted by molar-refractivity contribution is -0.119. The molecule has 2 nitrogen and oxygen atoms in total. The van der Waals surface area contributed by atoms with E-state index in [9.17, 15) is 4.79 Å². The van der Waals surface area contributed by atoms with Gasteiger partial charge in [-0.1, -0.05) is 42.5 Å². The van der Waals surface area contributed by atoms with Gasteiger partial charge < -0.3 is 0 Å². The van der Waals surface area contributed by atoms with E-state index in [1.165, 1.54) is 11.1 Å². The molecule has 0 bridgehead atoms. The second-order valence-electron chi connectivity index (χ2n) is 6.06. The maximum Gasteiger partial charge on any atom is 0.137 e. The Labute approximate surface area is 124 Å². The molecule has 3 atom stereocenters. The van der Waals surface area contributed by atoms with Gasteiger partial charge in [0.25, 0.3) is 0 Å². The van der Waals surface area contributed by atoms with Gasteiger partial charge in [0, 0.05) is 23.7 Å². The summed E-state index contributed by atoms with van der Waals surface area (Å²) in [4.78, 5) is 12.2. The first-order chi connectivity index (χ1) is 10.3. The summed E-state index contributed by atoms with van der Waals surface area (Å²) >= 11 is 0. The van der Waals surface area contributed by atoms with E-state index in [1.54, 1.807) is 0 Å². The summed E-state index contributed by atoms with van der Waals surface area (Å²) in [6.07, 6.45) is 1.65. The first-order valence-electron chi connectivity index (χ1n) is 7.35. The number of Topliss-reactive ketones (excluding diaryl/α,β-unsaturated/α-hetero) is 1. The van der Waals surface area contributed by atoms with Crippen LogP contribution >= 0.6 is 0 Å². The van der Waals surface area contributed by atoms with Crippen LogP contribution < -0.4 is 0 Å². The Kier molecular flexibility index (Phi) is 2.53. The number of carbonyl (C=O) groups excluding carboxylic acids is 1. The fourth-order valence-electron chi connectivity index (χ4n) is 4.22. The highest BCUT2D eigenvalue weighted by Gasteiger charge is 2.71. The van der Waals surface area contributed by atoms with Gasteiger partial charge in [0.2, 0.25) is 0 Å². The van der Waals surface area contributed by atoms with Crippen LogP contribution in [0.15, 0.2) is 54.6 Å². The first kappa shape index (κ1) is 12.3. The molecule has 2 aliphatic carbocycles. The number of benzene rings is 2. The Bertz CT molecular complexity index is 741. The number of nitriles is 1. The Balaban J connectivity index is 1.76. The van der Waals surface area contributed by atoms with Crippen LogP contribution in [0.4, 0.5) is 0 Å². The molecule has 4 rings (SSSR count). The van der Waals surface area contributed by atoms with Crippen molar-refractivity contribution in [1.29, 1.82) is 5.26 Å². The molecule has 2 aromatic rings. The maximum atomic E-state index is 12.2. The zero-order valence-corrected chi connectivity index (χ0v) is 11.6. The molecule has 2 aliphatic rings. The largest absolute Gasteiger partial charge is 0.299 e. The summed E-state index contributed by atoms with van der Waals surface area (Å²) in [7, 11) is 0. The Morgan fingerprint density at radius 3 is 2.38 bits per heavy atom. The zero-order valence-electron chi connectivity index (χ0n) is 11.6. The Morgan fingerprint density at radius 2 is 1.71 bits per heavy atom. The number of ketones is 1. The van der Waals surface area contributed by atoms with Crippen molar-refractivity contribution in [3.63, 3.8) is 0 Å². The SMILES string of the molecule is N#Cc1ccc([C@@H]2[C@@H]3C(=O)CC[C@]23c2ccccc2)cc1. The van der Waals surface area contributed by atoms with Crippen molar-refractivity contribution < 1.29 is 4.79 Å². The molecular weight excluding hydrogens is 258 g/mol. The second-order valence-corrected chi connectivity index (χ2v) is 6.06. The average molecular weight is 273 g/mol. The molecular formula is C19H15NO. The van der Waals surface area contributed by atoms with Crippen molar-refractivity contribution in [2.45, 2.75) is 24.2 Å². The van der Waals surface area contributed by atoms with E-state index in [1.807, 2.05) is 30.3 Å². The minimum absolute atomic E-state index is 0.00645. The van der Waals surface area contributed by atoms with Gasteiger partial charge in [0.1, 0.15) is 5.78 Å². The molecule has 0 unspecified atom stereocenters. The van der Waals surface area contributed by atoms with E-state index in [-0.39, 0.29) is 17.3 Å². The van der Waals surface area contributed by atoms with Gasteiger partial charge in [-0.05, 0) is 29.7 Å². The smallest absolute Gasteiger partial charge is 0.137 e. The average Bonchev–Trinajstić information content (AvgIpc) is 3.12. The summed E-state index contributed by atoms with van der Waals surface area (Å²) in [6.45, 7) is 0. The summed E-state index contributed by atoms with van der Waals surface area (Å²) < 4.78 is 0. The third-order valence-corrected chi connectivity index (χ3v) is 5.18. The highest BCUT2D eigenvalue weighted by Crippen LogP contribution is 2.72. The lowest BCUT2D eigenvalue weighted by Crippen LogP contribution is -2.08. The molecule has 0 heterocycles. The van der Waals surface area contributed by atoms with Crippen LogP contribution in [0.5, 0.6) is 0 Å². The monoisotopic (exact) mass is 273 g/mol. The minimum atomic E-state index is 0.00645. The Morgan fingerprint density at radius 1 is 1.00 bits per heavy atom. The normalized spacial score (nSPS) is 29.8. The van der Waals surface area contributed by atoms with E-state index >= 15 is 0 Å². The van der Waals surface area contributed by atoms with Crippen molar-refractivity contribution in [2.75, 3.05) is 0 Å². The van der Waals surface area contributed by atoms with Crippen LogP contribution in [-0.4, -0.2) is 5.78 Å². The molecule has 0 aliphatic heterocycles. The number of hydrogen-bond donors (Lipinski definition) is 0. The molecule has 2 heteroatoms. The van der Waals surface area contributed by atoms with Gasteiger partial charge >= 0.3 is 0 Å². The summed E-state index contributed by atoms with van der Waals surface area (Å²) in [5, 5.41) is 8.91. The topological polar surface area (TPSA) is 40.9 Å². The molecule has 21 heavy (non-hydrogen) atoms. The summed E-state index contributed by atoms with van der Waals surface area (Å²) in [6, 6.07) is 20.3. The van der Waals surface area contributed by atoms with Crippen LogP contribution in [-0.2, 0) is 10.2 Å². The second kappa shape index (κ2) is 4.30. The van der Waals surface area contributed by atoms with Gasteiger partial charge in [0.15, 0.2) is 0 Å². The van der Waals surface area contributed by atoms with Gasteiger partial charge in [-0.2, -0.15) is 5.26 Å². The predicted octanol–water partition coefficient (Wildman–Crippen LogP) is 3.57. The number of rotatable bonds is 2. The van der Waals surface area contributed by atoms with Crippen molar-refractivity contribution in [3.8, 4) is 6.07 Å². The molecule has 0 saturated heterocycles. The summed E-state index contributed by atoms with van der Waals surface area (Å²) in [5.74, 6) is 0.815. The molecule has 2 saturated carbocycles. The van der Waals surface area contributed by atoms with Crippen LogP contribution in [0, 0.1) is 17.2 Å². The molecule has 0 radical (unpaired) electrons. The van der Waals surface area contributed by atoms with Crippen molar-refractivity contribution in [3.05, 3.63) is 71.3 Å². The molecule has 0 spiro atoms. The van der Waals surface area contributed by atoms with Crippen LogP contribution in [0.2, 0.25) is 0 Å². The summed E-state index contributed by atoms with van der Waals surface area (Å²) in [5.41, 5.74) is 3.16. The van der Waals surface area contributed by atoms with Crippen LogP contribution in [0.1, 0.15) is 35.4 Å².